The van der Waals surface area contributed by atoms with Crippen LogP contribution in [0, 0.1) is 12.7 Å². The SMILES string of the molecule is Cc1cc(S(=O)(=O)Nc2cc3c(cc2N2CCCC2)n(C)c(=O)c(=O)n3C)ccc1F. The van der Waals surface area contributed by atoms with Gasteiger partial charge in [0.25, 0.3) is 10.0 Å². The zero-order valence-electron chi connectivity index (χ0n) is 17.5. The number of hydrogen-bond donors (Lipinski definition) is 1. The average molecular weight is 447 g/mol. The second-order valence-corrected chi connectivity index (χ2v) is 9.48. The third kappa shape index (κ3) is 3.60. The monoisotopic (exact) mass is 446 g/mol. The van der Waals surface area contributed by atoms with Crippen LogP contribution < -0.4 is 20.7 Å². The number of nitrogens with zero attached hydrogens (tertiary/aromatic N) is 3. The third-order valence-electron chi connectivity index (χ3n) is 5.74. The predicted molar refractivity (Wildman–Crippen MR) is 118 cm³/mol. The van der Waals surface area contributed by atoms with E-state index in [1.807, 2.05) is 4.90 Å². The lowest BCUT2D eigenvalue weighted by atomic mass is 10.2. The largest absolute Gasteiger partial charge is 0.370 e. The molecule has 2 aromatic carbocycles. The fraction of sp³-hybridized carbons (Fsp3) is 0.333. The first-order chi connectivity index (χ1) is 14.6. The summed E-state index contributed by atoms with van der Waals surface area (Å²) in [5.74, 6) is -0.488. The lowest BCUT2D eigenvalue weighted by molar-refractivity contribution is 0.598. The summed E-state index contributed by atoms with van der Waals surface area (Å²) in [7, 11) is -1.02. The maximum Gasteiger partial charge on any atom is 0.316 e. The molecule has 8 nitrogen and oxygen atoms in total. The molecular weight excluding hydrogens is 423 g/mol. The first-order valence-electron chi connectivity index (χ1n) is 9.88. The van der Waals surface area contributed by atoms with Crippen LogP contribution in [-0.4, -0.2) is 30.6 Å². The Kier molecular flexibility index (Phi) is 5.12. The normalized spacial score (nSPS) is 14.4. The molecule has 1 saturated heterocycles. The molecule has 1 aromatic heterocycles. The van der Waals surface area contributed by atoms with E-state index in [0.29, 0.717) is 22.4 Å². The van der Waals surface area contributed by atoms with E-state index >= 15 is 0 Å². The summed E-state index contributed by atoms with van der Waals surface area (Å²) < 4.78 is 44.9. The Morgan fingerprint density at radius 3 is 2.10 bits per heavy atom. The minimum Gasteiger partial charge on any atom is -0.370 e. The van der Waals surface area contributed by atoms with E-state index < -0.39 is 27.0 Å². The first-order valence-corrected chi connectivity index (χ1v) is 11.4. The highest BCUT2D eigenvalue weighted by Gasteiger charge is 2.23. The Morgan fingerprint density at radius 1 is 0.935 bits per heavy atom. The standard InChI is InChI=1S/C21H23FN4O4S/c1-13-10-14(6-7-15(13)22)31(29,30)23-16-11-18-19(12-17(16)26-8-4-5-9-26)25(3)21(28)20(27)24(18)2/h6-7,10-12,23H,4-5,8-9H2,1-3H3. The summed E-state index contributed by atoms with van der Waals surface area (Å²) in [6.45, 7) is 2.99. The zero-order valence-corrected chi connectivity index (χ0v) is 18.3. The molecule has 1 N–H and O–H groups in total. The average Bonchev–Trinajstić information content (AvgIpc) is 3.26. The Hall–Kier alpha value is -3.14. The first kappa shape index (κ1) is 21.1. The van der Waals surface area contributed by atoms with Gasteiger partial charge in [-0.25, -0.2) is 12.8 Å². The van der Waals surface area contributed by atoms with Crippen molar-refractivity contribution in [1.82, 2.24) is 9.13 Å². The summed E-state index contributed by atoms with van der Waals surface area (Å²) >= 11 is 0. The van der Waals surface area contributed by atoms with Gasteiger partial charge in [0, 0.05) is 27.2 Å². The zero-order chi connectivity index (χ0) is 22.5. The number of aryl methyl sites for hydroxylation is 3. The van der Waals surface area contributed by atoms with Gasteiger partial charge < -0.3 is 14.0 Å². The molecule has 1 fully saturated rings. The number of fused-ring (bicyclic) bond motifs is 1. The molecule has 4 rings (SSSR count). The summed E-state index contributed by atoms with van der Waals surface area (Å²) in [6, 6.07) is 6.90. The van der Waals surface area contributed by atoms with Gasteiger partial charge in [-0.05, 0) is 55.7 Å². The van der Waals surface area contributed by atoms with Crippen LogP contribution in [0.4, 0.5) is 15.8 Å². The molecule has 0 unspecified atom stereocenters. The molecular formula is C21H23FN4O4S. The van der Waals surface area contributed by atoms with Crippen molar-refractivity contribution in [3.05, 3.63) is 62.4 Å². The molecule has 0 bridgehead atoms. The fourth-order valence-corrected chi connectivity index (χ4v) is 5.05. The smallest absolute Gasteiger partial charge is 0.316 e. The summed E-state index contributed by atoms with van der Waals surface area (Å²) in [5, 5.41) is 0. The van der Waals surface area contributed by atoms with E-state index in [2.05, 4.69) is 4.72 Å². The maximum atomic E-state index is 13.6. The van der Waals surface area contributed by atoms with E-state index in [1.165, 1.54) is 42.3 Å². The Balaban J connectivity index is 1.93. The van der Waals surface area contributed by atoms with Gasteiger partial charge in [-0.15, -0.1) is 0 Å². The van der Waals surface area contributed by atoms with E-state index in [4.69, 9.17) is 0 Å². The quantitative estimate of drug-likeness (QED) is 0.620. The molecule has 0 amide bonds. The second kappa shape index (κ2) is 7.52. The van der Waals surface area contributed by atoms with Gasteiger partial charge in [0.1, 0.15) is 5.82 Å². The van der Waals surface area contributed by atoms with Crippen LogP contribution in [0.25, 0.3) is 11.0 Å². The molecule has 0 saturated carbocycles. The summed E-state index contributed by atoms with van der Waals surface area (Å²) in [4.78, 5) is 26.5. The molecule has 164 valence electrons. The van der Waals surface area contributed by atoms with E-state index in [9.17, 15) is 22.4 Å². The lowest BCUT2D eigenvalue weighted by Gasteiger charge is -2.24. The van der Waals surface area contributed by atoms with Crippen molar-refractivity contribution in [2.75, 3.05) is 22.7 Å². The van der Waals surface area contributed by atoms with Crippen LogP contribution in [0.2, 0.25) is 0 Å². The molecule has 10 heteroatoms. The molecule has 0 radical (unpaired) electrons. The van der Waals surface area contributed by atoms with Crippen LogP contribution >= 0.6 is 0 Å². The number of benzene rings is 2. The van der Waals surface area contributed by atoms with Gasteiger partial charge >= 0.3 is 11.1 Å². The second-order valence-electron chi connectivity index (χ2n) is 7.80. The van der Waals surface area contributed by atoms with Crippen molar-refractivity contribution in [1.29, 1.82) is 0 Å². The molecule has 1 aliphatic heterocycles. The van der Waals surface area contributed by atoms with Gasteiger partial charge in [0.15, 0.2) is 0 Å². The Morgan fingerprint density at radius 2 is 1.52 bits per heavy atom. The number of sulfonamides is 1. The van der Waals surface area contributed by atoms with Crippen molar-refractivity contribution in [2.45, 2.75) is 24.7 Å². The van der Waals surface area contributed by atoms with E-state index in [1.54, 1.807) is 12.1 Å². The van der Waals surface area contributed by atoms with Crippen molar-refractivity contribution in [3.63, 3.8) is 0 Å². The van der Waals surface area contributed by atoms with E-state index in [0.717, 1.165) is 32.0 Å². The number of nitrogens with one attached hydrogen (secondary N) is 1. The fourth-order valence-electron chi connectivity index (χ4n) is 3.90. The van der Waals surface area contributed by atoms with Crippen molar-refractivity contribution < 1.29 is 12.8 Å². The van der Waals surface area contributed by atoms with Crippen LogP contribution in [0.1, 0.15) is 18.4 Å². The highest BCUT2D eigenvalue weighted by atomic mass is 32.2. The number of anilines is 2. The number of rotatable bonds is 4. The Bertz CT molecular complexity index is 1420. The molecule has 1 aliphatic rings. The molecule has 0 aliphatic carbocycles. The maximum absolute atomic E-state index is 13.6. The minimum absolute atomic E-state index is 0.0618. The highest BCUT2D eigenvalue weighted by molar-refractivity contribution is 7.92. The number of halogens is 1. The molecule has 3 aromatic rings. The van der Waals surface area contributed by atoms with Gasteiger partial charge in [0.05, 0.1) is 27.3 Å². The summed E-state index contributed by atoms with van der Waals surface area (Å²) in [6.07, 6.45) is 1.93. The predicted octanol–water partition coefficient (Wildman–Crippen LogP) is 2.09. The van der Waals surface area contributed by atoms with Gasteiger partial charge in [-0.2, -0.15) is 0 Å². The van der Waals surface area contributed by atoms with Crippen LogP contribution in [-0.2, 0) is 24.1 Å². The van der Waals surface area contributed by atoms with Crippen molar-refractivity contribution in [2.24, 2.45) is 14.1 Å². The highest BCUT2D eigenvalue weighted by Crippen LogP contribution is 2.34. The van der Waals surface area contributed by atoms with Crippen LogP contribution in [0.5, 0.6) is 0 Å². The molecule has 31 heavy (non-hydrogen) atoms. The van der Waals surface area contributed by atoms with Crippen molar-refractivity contribution in [3.8, 4) is 0 Å². The third-order valence-corrected chi connectivity index (χ3v) is 7.10. The minimum atomic E-state index is -4.01. The van der Waals surface area contributed by atoms with Crippen LogP contribution in [0.3, 0.4) is 0 Å². The Labute approximate surface area is 178 Å². The number of aromatic nitrogens is 2. The van der Waals surface area contributed by atoms with Crippen molar-refractivity contribution >= 4 is 32.4 Å². The van der Waals surface area contributed by atoms with Gasteiger partial charge in [-0.3, -0.25) is 14.3 Å². The van der Waals surface area contributed by atoms with Crippen LogP contribution in [0.15, 0.2) is 44.8 Å². The number of hydrogen-bond acceptors (Lipinski definition) is 5. The summed E-state index contributed by atoms with van der Waals surface area (Å²) in [5.41, 5.74) is 0.728. The molecule has 2 heterocycles. The van der Waals surface area contributed by atoms with E-state index in [-0.39, 0.29) is 10.5 Å². The topological polar surface area (TPSA) is 93.4 Å². The molecule has 0 atom stereocenters. The molecule has 0 spiro atoms. The lowest BCUT2D eigenvalue weighted by Crippen LogP contribution is -2.39. The van der Waals surface area contributed by atoms with Gasteiger partial charge in [-0.1, -0.05) is 0 Å². The van der Waals surface area contributed by atoms with Gasteiger partial charge in [0.2, 0.25) is 0 Å².